The van der Waals surface area contributed by atoms with Gasteiger partial charge in [0.05, 0.1) is 0 Å². The first-order chi connectivity index (χ1) is 7.13. The molecule has 1 unspecified atom stereocenters. The molecular formula is C13H20BrN. The predicted octanol–water partition coefficient (Wildman–Crippen LogP) is 4.04. The lowest BCUT2D eigenvalue weighted by atomic mass is 10.1. The standard InChI is InChI=1S/C13H20BrN/c1-4-5-11(3)15-9-12-7-6-10(2)13(14)8-12/h6-8,11,15H,4-5,9H2,1-3H3. The summed E-state index contributed by atoms with van der Waals surface area (Å²) in [4.78, 5) is 0. The van der Waals surface area contributed by atoms with E-state index in [2.05, 4.69) is 60.2 Å². The summed E-state index contributed by atoms with van der Waals surface area (Å²) in [5.41, 5.74) is 2.63. The van der Waals surface area contributed by atoms with Gasteiger partial charge in [0, 0.05) is 17.1 Å². The summed E-state index contributed by atoms with van der Waals surface area (Å²) >= 11 is 3.56. The summed E-state index contributed by atoms with van der Waals surface area (Å²) in [6.07, 6.45) is 2.48. The SMILES string of the molecule is CCCC(C)NCc1ccc(C)c(Br)c1. The van der Waals surface area contributed by atoms with Crippen LogP contribution in [0, 0.1) is 6.92 Å². The molecule has 0 aromatic heterocycles. The summed E-state index contributed by atoms with van der Waals surface area (Å²) in [5, 5.41) is 3.53. The van der Waals surface area contributed by atoms with Crippen LogP contribution >= 0.6 is 15.9 Å². The molecule has 15 heavy (non-hydrogen) atoms. The summed E-state index contributed by atoms with van der Waals surface area (Å²) in [6.45, 7) is 7.54. The molecule has 0 bridgehead atoms. The zero-order valence-corrected chi connectivity index (χ0v) is 11.4. The van der Waals surface area contributed by atoms with Gasteiger partial charge in [-0.1, -0.05) is 41.4 Å². The average molecular weight is 270 g/mol. The van der Waals surface area contributed by atoms with Crippen LogP contribution in [0.3, 0.4) is 0 Å². The van der Waals surface area contributed by atoms with Gasteiger partial charge in [-0.05, 0) is 37.5 Å². The van der Waals surface area contributed by atoms with Gasteiger partial charge in [-0.3, -0.25) is 0 Å². The fraction of sp³-hybridized carbons (Fsp3) is 0.538. The Balaban J connectivity index is 2.47. The van der Waals surface area contributed by atoms with Crippen LogP contribution in [0.25, 0.3) is 0 Å². The topological polar surface area (TPSA) is 12.0 Å². The molecule has 1 rings (SSSR count). The van der Waals surface area contributed by atoms with E-state index in [1.165, 1.54) is 28.4 Å². The lowest BCUT2D eigenvalue weighted by Crippen LogP contribution is -2.25. The molecule has 2 heteroatoms. The van der Waals surface area contributed by atoms with E-state index >= 15 is 0 Å². The van der Waals surface area contributed by atoms with Crippen molar-refractivity contribution in [1.82, 2.24) is 5.32 Å². The highest BCUT2D eigenvalue weighted by Crippen LogP contribution is 2.17. The van der Waals surface area contributed by atoms with Gasteiger partial charge in [-0.15, -0.1) is 0 Å². The molecule has 0 heterocycles. The van der Waals surface area contributed by atoms with E-state index in [0.717, 1.165) is 6.54 Å². The first-order valence-electron chi connectivity index (χ1n) is 5.62. The number of halogens is 1. The van der Waals surface area contributed by atoms with Crippen molar-refractivity contribution in [2.24, 2.45) is 0 Å². The molecule has 1 aromatic rings. The van der Waals surface area contributed by atoms with Crippen LogP contribution in [0.5, 0.6) is 0 Å². The van der Waals surface area contributed by atoms with Gasteiger partial charge in [0.1, 0.15) is 0 Å². The Morgan fingerprint density at radius 3 is 2.73 bits per heavy atom. The molecule has 0 saturated heterocycles. The van der Waals surface area contributed by atoms with Crippen molar-refractivity contribution in [2.75, 3.05) is 0 Å². The molecule has 1 aromatic carbocycles. The normalized spacial score (nSPS) is 12.8. The van der Waals surface area contributed by atoms with Crippen molar-refractivity contribution in [3.63, 3.8) is 0 Å². The minimum absolute atomic E-state index is 0.607. The number of aryl methyl sites for hydroxylation is 1. The highest BCUT2D eigenvalue weighted by Gasteiger charge is 2.01. The number of hydrogen-bond donors (Lipinski definition) is 1. The Morgan fingerprint density at radius 2 is 2.13 bits per heavy atom. The highest BCUT2D eigenvalue weighted by molar-refractivity contribution is 9.10. The van der Waals surface area contributed by atoms with Crippen LogP contribution in [0.2, 0.25) is 0 Å². The zero-order chi connectivity index (χ0) is 11.3. The lowest BCUT2D eigenvalue weighted by Gasteiger charge is -2.13. The molecule has 0 amide bonds. The smallest absolute Gasteiger partial charge is 0.0208 e. The Hall–Kier alpha value is -0.340. The van der Waals surface area contributed by atoms with E-state index in [4.69, 9.17) is 0 Å². The van der Waals surface area contributed by atoms with Crippen molar-refractivity contribution < 1.29 is 0 Å². The molecular weight excluding hydrogens is 250 g/mol. The summed E-state index contributed by atoms with van der Waals surface area (Å²) in [7, 11) is 0. The van der Waals surface area contributed by atoms with E-state index in [1.807, 2.05) is 0 Å². The van der Waals surface area contributed by atoms with Gasteiger partial charge in [0.2, 0.25) is 0 Å². The van der Waals surface area contributed by atoms with E-state index in [0.29, 0.717) is 6.04 Å². The van der Waals surface area contributed by atoms with Gasteiger partial charge in [-0.25, -0.2) is 0 Å². The predicted molar refractivity (Wildman–Crippen MR) is 70.1 cm³/mol. The molecule has 0 aliphatic carbocycles. The summed E-state index contributed by atoms with van der Waals surface area (Å²) in [6, 6.07) is 7.15. The van der Waals surface area contributed by atoms with Crippen LogP contribution in [0.1, 0.15) is 37.8 Å². The van der Waals surface area contributed by atoms with Crippen molar-refractivity contribution in [1.29, 1.82) is 0 Å². The number of nitrogens with one attached hydrogen (secondary N) is 1. The van der Waals surface area contributed by atoms with Crippen LogP contribution in [-0.4, -0.2) is 6.04 Å². The van der Waals surface area contributed by atoms with E-state index in [-0.39, 0.29) is 0 Å². The molecule has 0 aliphatic heterocycles. The first-order valence-corrected chi connectivity index (χ1v) is 6.41. The van der Waals surface area contributed by atoms with Crippen LogP contribution in [0.4, 0.5) is 0 Å². The van der Waals surface area contributed by atoms with E-state index in [9.17, 15) is 0 Å². The maximum atomic E-state index is 3.56. The summed E-state index contributed by atoms with van der Waals surface area (Å²) < 4.78 is 1.20. The Bertz CT molecular complexity index is 309. The third kappa shape index (κ3) is 4.35. The molecule has 0 fully saturated rings. The fourth-order valence-electron chi connectivity index (χ4n) is 1.57. The van der Waals surface area contributed by atoms with Gasteiger partial charge >= 0.3 is 0 Å². The lowest BCUT2D eigenvalue weighted by molar-refractivity contribution is 0.508. The molecule has 1 N–H and O–H groups in total. The third-order valence-corrected chi connectivity index (χ3v) is 3.47. The molecule has 0 saturated carbocycles. The number of rotatable bonds is 5. The Morgan fingerprint density at radius 1 is 1.40 bits per heavy atom. The van der Waals surface area contributed by atoms with E-state index < -0.39 is 0 Å². The first kappa shape index (κ1) is 12.7. The maximum Gasteiger partial charge on any atom is 0.0208 e. The summed E-state index contributed by atoms with van der Waals surface area (Å²) in [5.74, 6) is 0. The minimum atomic E-state index is 0.607. The minimum Gasteiger partial charge on any atom is -0.310 e. The van der Waals surface area contributed by atoms with E-state index in [1.54, 1.807) is 0 Å². The average Bonchev–Trinajstić information content (AvgIpc) is 2.20. The second-order valence-corrected chi connectivity index (χ2v) is 5.01. The van der Waals surface area contributed by atoms with Gasteiger partial charge in [0.15, 0.2) is 0 Å². The second-order valence-electron chi connectivity index (χ2n) is 4.15. The number of benzene rings is 1. The quantitative estimate of drug-likeness (QED) is 0.851. The Kier molecular flexibility index (Phi) is 5.34. The zero-order valence-electron chi connectivity index (χ0n) is 9.81. The van der Waals surface area contributed by atoms with Gasteiger partial charge < -0.3 is 5.32 Å². The van der Waals surface area contributed by atoms with Gasteiger partial charge in [-0.2, -0.15) is 0 Å². The molecule has 84 valence electrons. The molecule has 1 atom stereocenters. The maximum absolute atomic E-state index is 3.56. The molecule has 0 spiro atoms. The molecule has 0 radical (unpaired) electrons. The Labute approximate surface area is 101 Å². The number of hydrogen-bond acceptors (Lipinski definition) is 1. The van der Waals surface area contributed by atoms with Crippen LogP contribution in [0.15, 0.2) is 22.7 Å². The van der Waals surface area contributed by atoms with Crippen LogP contribution in [-0.2, 0) is 6.54 Å². The fourth-order valence-corrected chi connectivity index (χ4v) is 2.00. The van der Waals surface area contributed by atoms with Crippen LogP contribution < -0.4 is 5.32 Å². The largest absolute Gasteiger partial charge is 0.310 e. The highest BCUT2D eigenvalue weighted by atomic mass is 79.9. The van der Waals surface area contributed by atoms with Crippen molar-refractivity contribution >= 4 is 15.9 Å². The molecule has 0 aliphatic rings. The van der Waals surface area contributed by atoms with Crippen molar-refractivity contribution in [2.45, 2.75) is 46.2 Å². The van der Waals surface area contributed by atoms with Crippen molar-refractivity contribution in [3.05, 3.63) is 33.8 Å². The van der Waals surface area contributed by atoms with Gasteiger partial charge in [0.25, 0.3) is 0 Å². The molecule has 1 nitrogen and oxygen atoms in total. The third-order valence-electron chi connectivity index (χ3n) is 2.61. The van der Waals surface area contributed by atoms with Crippen molar-refractivity contribution in [3.8, 4) is 0 Å². The monoisotopic (exact) mass is 269 g/mol. The second kappa shape index (κ2) is 6.29.